The molecule has 0 aliphatic carbocycles. The molecule has 2 rings (SSSR count). The van der Waals surface area contributed by atoms with Crippen molar-refractivity contribution in [2.75, 3.05) is 0 Å². The van der Waals surface area contributed by atoms with E-state index in [0.717, 1.165) is 36.7 Å². The lowest BCUT2D eigenvalue weighted by atomic mass is 10.1. The van der Waals surface area contributed by atoms with Crippen molar-refractivity contribution >= 4 is 11.0 Å². The molecular formula is C13H16N2O. The number of nitrogens with one attached hydrogen (secondary N) is 1. The molecule has 0 amide bonds. The first-order valence-electron chi connectivity index (χ1n) is 5.79. The lowest BCUT2D eigenvalue weighted by Gasteiger charge is -2.01. The Kier molecular flexibility index (Phi) is 3.34. The Bertz CT molecular complexity index is 531. The number of aryl methyl sites for hydroxylation is 1. The van der Waals surface area contributed by atoms with E-state index in [2.05, 4.69) is 16.9 Å². The smallest absolute Gasteiger partial charge is 0.270 e. The third-order valence-electron chi connectivity index (χ3n) is 2.69. The van der Waals surface area contributed by atoms with E-state index < -0.39 is 0 Å². The van der Waals surface area contributed by atoms with Gasteiger partial charge in [-0.3, -0.25) is 4.79 Å². The number of hydrogen-bond acceptors (Lipinski definition) is 2. The highest BCUT2D eigenvalue weighted by atomic mass is 16.1. The number of para-hydroxylation sites is 2. The van der Waals surface area contributed by atoms with Crippen LogP contribution < -0.4 is 5.56 Å². The number of hydrogen-bond donors (Lipinski definition) is 1. The van der Waals surface area contributed by atoms with Crippen LogP contribution in [0.2, 0.25) is 0 Å². The molecule has 3 heteroatoms. The van der Waals surface area contributed by atoms with Crippen LogP contribution in [0.5, 0.6) is 0 Å². The third kappa shape index (κ3) is 2.30. The van der Waals surface area contributed by atoms with Crippen molar-refractivity contribution in [1.29, 1.82) is 0 Å². The summed E-state index contributed by atoms with van der Waals surface area (Å²) in [6.07, 6.45) is 4.11. The summed E-state index contributed by atoms with van der Waals surface area (Å²) in [7, 11) is 0. The Morgan fingerprint density at radius 2 is 2.06 bits per heavy atom. The topological polar surface area (TPSA) is 45.8 Å². The summed E-state index contributed by atoms with van der Waals surface area (Å²) < 4.78 is 0. The Labute approximate surface area is 94.5 Å². The predicted octanol–water partition coefficient (Wildman–Crippen LogP) is 2.66. The van der Waals surface area contributed by atoms with Crippen molar-refractivity contribution in [3.05, 3.63) is 40.3 Å². The summed E-state index contributed by atoms with van der Waals surface area (Å²) in [6, 6.07) is 7.63. The summed E-state index contributed by atoms with van der Waals surface area (Å²) in [6.45, 7) is 2.15. The van der Waals surface area contributed by atoms with Crippen molar-refractivity contribution < 1.29 is 0 Å². The van der Waals surface area contributed by atoms with Gasteiger partial charge in [-0.15, -0.1) is 0 Å². The molecule has 0 saturated carbocycles. The molecule has 2 aromatic rings. The Hall–Kier alpha value is -1.64. The second-order valence-electron chi connectivity index (χ2n) is 3.99. The van der Waals surface area contributed by atoms with Gasteiger partial charge in [0.05, 0.1) is 11.0 Å². The first kappa shape index (κ1) is 10.9. The summed E-state index contributed by atoms with van der Waals surface area (Å²) in [5.41, 5.74) is 2.29. The maximum Gasteiger partial charge on any atom is 0.270 e. The summed E-state index contributed by atoms with van der Waals surface area (Å²) in [4.78, 5) is 19.0. The number of rotatable bonds is 4. The fraction of sp³-hybridized carbons (Fsp3) is 0.385. The van der Waals surface area contributed by atoms with Gasteiger partial charge in [-0.05, 0) is 25.0 Å². The molecule has 0 unspecified atom stereocenters. The van der Waals surface area contributed by atoms with Gasteiger partial charge in [0, 0.05) is 0 Å². The lowest BCUT2D eigenvalue weighted by molar-refractivity contribution is 0.703. The molecule has 16 heavy (non-hydrogen) atoms. The molecule has 0 spiro atoms. The molecule has 0 aliphatic rings. The fourth-order valence-electron chi connectivity index (χ4n) is 1.78. The molecule has 0 saturated heterocycles. The normalized spacial score (nSPS) is 10.8. The number of aromatic amines is 1. The standard InChI is InChI=1S/C13H16N2O/c1-2-3-4-9-12-13(16)15-11-8-6-5-7-10(11)14-12/h5-8H,2-4,9H2,1H3,(H,15,16). The Balaban J connectivity index is 2.31. The Morgan fingerprint density at radius 3 is 2.88 bits per heavy atom. The molecule has 0 aliphatic heterocycles. The van der Waals surface area contributed by atoms with Crippen LogP contribution in [0.1, 0.15) is 31.9 Å². The zero-order valence-electron chi connectivity index (χ0n) is 9.49. The van der Waals surface area contributed by atoms with E-state index >= 15 is 0 Å². The largest absolute Gasteiger partial charge is 0.319 e. The lowest BCUT2D eigenvalue weighted by Crippen LogP contribution is -2.15. The van der Waals surface area contributed by atoms with Gasteiger partial charge in [0.15, 0.2) is 0 Å². The van der Waals surface area contributed by atoms with Gasteiger partial charge < -0.3 is 4.98 Å². The molecule has 1 heterocycles. The number of H-pyrrole nitrogens is 1. The minimum atomic E-state index is -0.0465. The van der Waals surface area contributed by atoms with Gasteiger partial charge >= 0.3 is 0 Å². The number of aromatic nitrogens is 2. The van der Waals surface area contributed by atoms with Crippen molar-refractivity contribution in [1.82, 2.24) is 9.97 Å². The second kappa shape index (κ2) is 4.92. The van der Waals surface area contributed by atoms with E-state index in [1.807, 2.05) is 24.3 Å². The highest BCUT2D eigenvalue weighted by Crippen LogP contribution is 2.07. The molecule has 1 aromatic heterocycles. The van der Waals surface area contributed by atoms with Crippen LogP contribution >= 0.6 is 0 Å². The molecule has 0 bridgehead atoms. The van der Waals surface area contributed by atoms with E-state index in [1.165, 1.54) is 0 Å². The van der Waals surface area contributed by atoms with Crippen molar-refractivity contribution in [3.63, 3.8) is 0 Å². The van der Waals surface area contributed by atoms with Gasteiger partial charge in [-0.25, -0.2) is 4.98 Å². The van der Waals surface area contributed by atoms with Crippen molar-refractivity contribution in [2.45, 2.75) is 32.6 Å². The molecule has 84 valence electrons. The highest BCUT2D eigenvalue weighted by Gasteiger charge is 2.03. The molecule has 1 aromatic carbocycles. The van der Waals surface area contributed by atoms with Gasteiger partial charge in [0.1, 0.15) is 5.69 Å². The first-order chi connectivity index (χ1) is 7.81. The quantitative estimate of drug-likeness (QED) is 0.798. The monoisotopic (exact) mass is 216 g/mol. The zero-order chi connectivity index (χ0) is 11.4. The minimum Gasteiger partial charge on any atom is -0.319 e. The van der Waals surface area contributed by atoms with Crippen LogP contribution in [-0.4, -0.2) is 9.97 Å². The molecular weight excluding hydrogens is 200 g/mol. The molecule has 0 atom stereocenters. The number of benzene rings is 1. The number of unbranched alkanes of at least 4 members (excludes halogenated alkanes) is 2. The van der Waals surface area contributed by atoms with E-state index in [9.17, 15) is 4.79 Å². The van der Waals surface area contributed by atoms with Crippen molar-refractivity contribution in [2.24, 2.45) is 0 Å². The summed E-state index contributed by atoms with van der Waals surface area (Å²) >= 11 is 0. The van der Waals surface area contributed by atoms with Crippen LogP contribution in [0.25, 0.3) is 11.0 Å². The van der Waals surface area contributed by atoms with Crippen LogP contribution in [-0.2, 0) is 6.42 Å². The van der Waals surface area contributed by atoms with E-state index in [0.29, 0.717) is 5.69 Å². The number of fused-ring (bicyclic) bond motifs is 1. The molecule has 3 nitrogen and oxygen atoms in total. The van der Waals surface area contributed by atoms with Gasteiger partial charge in [0.2, 0.25) is 0 Å². The molecule has 0 radical (unpaired) electrons. The van der Waals surface area contributed by atoms with Gasteiger partial charge in [0.25, 0.3) is 5.56 Å². The predicted molar refractivity (Wildman–Crippen MR) is 65.6 cm³/mol. The van der Waals surface area contributed by atoms with E-state index in [1.54, 1.807) is 0 Å². The maximum atomic E-state index is 11.7. The van der Waals surface area contributed by atoms with E-state index in [-0.39, 0.29) is 5.56 Å². The highest BCUT2D eigenvalue weighted by molar-refractivity contribution is 5.73. The van der Waals surface area contributed by atoms with Crippen LogP contribution in [0.15, 0.2) is 29.1 Å². The summed E-state index contributed by atoms with van der Waals surface area (Å²) in [5, 5.41) is 0. The van der Waals surface area contributed by atoms with Gasteiger partial charge in [-0.2, -0.15) is 0 Å². The second-order valence-corrected chi connectivity index (χ2v) is 3.99. The minimum absolute atomic E-state index is 0.0465. The van der Waals surface area contributed by atoms with Crippen LogP contribution in [0.3, 0.4) is 0 Å². The summed E-state index contributed by atoms with van der Waals surface area (Å²) in [5.74, 6) is 0. The van der Waals surface area contributed by atoms with Crippen molar-refractivity contribution in [3.8, 4) is 0 Å². The maximum absolute atomic E-state index is 11.7. The van der Waals surface area contributed by atoms with Crippen LogP contribution in [0, 0.1) is 0 Å². The molecule has 1 N–H and O–H groups in total. The van der Waals surface area contributed by atoms with E-state index in [4.69, 9.17) is 0 Å². The molecule has 0 fully saturated rings. The SMILES string of the molecule is CCCCCc1nc2ccccc2[nH]c1=O. The Morgan fingerprint density at radius 1 is 1.25 bits per heavy atom. The zero-order valence-corrected chi connectivity index (χ0v) is 9.49. The fourth-order valence-corrected chi connectivity index (χ4v) is 1.78. The van der Waals surface area contributed by atoms with Gasteiger partial charge in [-0.1, -0.05) is 31.9 Å². The third-order valence-corrected chi connectivity index (χ3v) is 2.69. The average Bonchev–Trinajstić information content (AvgIpc) is 2.30. The number of nitrogens with zero attached hydrogens (tertiary/aromatic N) is 1. The first-order valence-corrected chi connectivity index (χ1v) is 5.79. The average molecular weight is 216 g/mol. The van der Waals surface area contributed by atoms with Crippen LogP contribution in [0.4, 0.5) is 0 Å².